The van der Waals surface area contributed by atoms with Crippen molar-refractivity contribution in [2.75, 3.05) is 13.1 Å². The molecule has 0 unspecified atom stereocenters. The summed E-state index contributed by atoms with van der Waals surface area (Å²) in [7, 11) is 0. The molecule has 0 bridgehead atoms. The summed E-state index contributed by atoms with van der Waals surface area (Å²) in [4.78, 5) is 21.2. The van der Waals surface area contributed by atoms with Crippen LogP contribution in [0.4, 0.5) is 0 Å². The number of carbonyl (C=O) groups is 1. The number of β-amino-alcohol motifs (C(OH)–C–C–N with tert-alkyl or cyclic N) is 1. The molecule has 5 nitrogen and oxygen atoms in total. The molecule has 2 fully saturated rings. The first-order valence-corrected chi connectivity index (χ1v) is 12.8. The Bertz CT molecular complexity index is 1140. The van der Waals surface area contributed by atoms with Gasteiger partial charge in [-0.25, -0.2) is 4.98 Å². The highest BCUT2D eigenvalue weighted by Crippen LogP contribution is 2.33. The molecule has 3 aromatic rings. The number of likely N-dealkylation sites (tertiary alicyclic amines) is 1. The van der Waals surface area contributed by atoms with Crippen molar-refractivity contribution in [3.63, 3.8) is 0 Å². The Balaban J connectivity index is 1.60. The Morgan fingerprint density at radius 3 is 2.53 bits per heavy atom. The Kier molecular flexibility index (Phi) is 6.93. The van der Waals surface area contributed by atoms with Crippen LogP contribution in [0.1, 0.15) is 61.4 Å². The number of benzene rings is 2. The molecular formula is C29H35N3O2. The molecule has 2 aromatic carbocycles. The number of amides is 1. The third-order valence-electron chi connectivity index (χ3n) is 7.61. The molecule has 178 valence electrons. The fourth-order valence-electron chi connectivity index (χ4n) is 5.71. The van der Waals surface area contributed by atoms with Crippen LogP contribution in [-0.4, -0.2) is 46.1 Å². The molecule has 1 amide bonds. The predicted molar refractivity (Wildman–Crippen MR) is 137 cm³/mol. The third-order valence-corrected chi connectivity index (χ3v) is 7.61. The first kappa shape index (κ1) is 23.0. The summed E-state index contributed by atoms with van der Waals surface area (Å²) in [5.41, 5.74) is 4.39. The van der Waals surface area contributed by atoms with Crippen molar-refractivity contribution < 1.29 is 9.90 Å². The standard InChI is InChI=1S/C29H35N3O2/c1-20(21-10-4-2-5-11-21)30-29(34)27-24-14-8-9-15-26(24)31-28(22-12-6-3-7-13-22)25(27)19-32-17-16-23(33)18-32/h3,6-9,12-15,20-21,23,33H,2,4-5,10-11,16-19H2,1H3,(H,30,34)/t20-,23+/m0/s1. The maximum absolute atomic E-state index is 13.9. The number of nitrogens with zero attached hydrogens (tertiary/aromatic N) is 2. The van der Waals surface area contributed by atoms with Crippen molar-refractivity contribution in [3.05, 3.63) is 65.7 Å². The van der Waals surface area contributed by atoms with Gasteiger partial charge in [0.2, 0.25) is 0 Å². The predicted octanol–water partition coefficient (Wildman–Crippen LogP) is 5.17. The van der Waals surface area contributed by atoms with Crippen LogP contribution in [0, 0.1) is 5.92 Å². The average Bonchev–Trinajstić information content (AvgIpc) is 3.29. The van der Waals surface area contributed by atoms with E-state index in [2.05, 4.69) is 29.3 Å². The van der Waals surface area contributed by atoms with Gasteiger partial charge in [0.25, 0.3) is 5.91 Å². The van der Waals surface area contributed by atoms with E-state index in [0.717, 1.165) is 46.3 Å². The van der Waals surface area contributed by atoms with Crippen molar-refractivity contribution in [2.24, 2.45) is 5.92 Å². The molecule has 5 rings (SSSR count). The van der Waals surface area contributed by atoms with Crippen molar-refractivity contribution in [3.8, 4) is 11.3 Å². The number of nitrogens with one attached hydrogen (secondary N) is 1. The molecule has 2 N–H and O–H groups in total. The van der Waals surface area contributed by atoms with E-state index >= 15 is 0 Å². The Hall–Kier alpha value is -2.76. The van der Waals surface area contributed by atoms with Crippen LogP contribution in [0.5, 0.6) is 0 Å². The molecule has 1 aromatic heterocycles. The summed E-state index contributed by atoms with van der Waals surface area (Å²) in [6, 6.07) is 18.3. The lowest BCUT2D eigenvalue weighted by Gasteiger charge is -2.29. The molecule has 1 aliphatic heterocycles. The van der Waals surface area contributed by atoms with Crippen LogP contribution in [0.3, 0.4) is 0 Å². The van der Waals surface area contributed by atoms with Gasteiger partial charge in [-0.3, -0.25) is 9.69 Å². The highest BCUT2D eigenvalue weighted by Gasteiger charge is 2.28. The minimum Gasteiger partial charge on any atom is -0.392 e. The van der Waals surface area contributed by atoms with Gasteiger partial charge < -0.3 is 10.4 Å². The van der Waals surface area contributed by atoms with E-state index in [1.54, 1.807) is 0 Å². The van der Waals surface area contributed by atoms with Gasteiger partial charge in [0.15, 0.2) is 0 Å². The molecular weight excluding hydrogens is 422 g/mol. The molecule has 5 heteroatoms. The summed E-state index contributed by atoms with van der Waals surface area (Å²) in [5, 5.41) is 14.4. The number of para-hydroxylation sites is 1. The molecule has 1 aliphatic carbocycles. The number of pyridine rings is 1. The zero-order valence-corrected chi connectivity index (χ0v) is 20.0. The molecule has 2 atom stereocenters. The number of rotatable bonds is 6. The molecule has 1 saturated carbocycles. The first-order valence-electron chi connectivity index (χ1n) is 12.8. The molecule has 2 heterocycles. The molecule has 0 spiro atoms. The van der Waals surface area contributed by atoms with Crippen molar-refractivity contribution in [1.29, 1.82) is 0 Å². The third kappa shape index (κ3) is 4.86. The van der Waals surface area contributed by atoms with Crippen molar-refractivity contribution in [2.45, 2.75) is 64.1 Å². The van der Waals surface area contributed by atoms with Gasteiger partial charge in [0, 0.05) is 42.2 Å². The van der Waals surface area contributed by atoms with Crippen LogP contribution < -0.4 is 5.32 Å². The lowest BCUT2D eigenvalue weighted by atomic mass is 9.84. The molecule has 1 saturated heterocycles. The maximum atomic E-state index is 13.9. The normalized spacial score (nSPS) is 20.5. The Morgan fingerprint density at radius 1 is 1.06 bits per heavy atom. The number of hydrogen-bond acceptors (Lipinski definition) is 4. The monoisotopic (exact) mass is 457 g/mol. The Morgan fingerprint density at radius 2 is 1.79 bits per heavy atom. The second-order valence-electron chi connectivity index (χ2n) is 10.0. The van der Waals surface area contributed by atoms with Gasteiger partial charge in [-0.2, -0.15) is 0 Å². The summed E-state index contributed by atoms with van der Waals surface area (Å²) < 4.78 is 0. The largest absolute Gasteiger partial charge is 0.392 e. The number of carbonyl (C=O) groups excluding carboxylic acids is 1. The SMILES string of the molecule is C[C@H](NC(=O)c1c(CN2CC[C@@H](O)C2)c(-c2ccccc2)nc2ccccc12)C1CCCCC1. The second-order valence-corrected chi connectivity index (χ2v) is 10.0. The van der Waals surface area contributed by atoms with Crippen LogP contribution in [0.25, 0.3) is 22.2 Å². The molecule has 2 aliphatic rings. The van der Waals surface area contributed by atoms with E-state index in [-0.39, 0.29) is 18.1 Å². The highest BCUT2D eigenvalue weighted by atomic mass is 16.3. The smallest absolute Gasteiger partial charge is 0.252 e. The summed E-state index contributed by atoms with van der Waals surface area (Å²) in [6.07, 6.45) is 6.64. The van der Waals surface area contributed by atoms with Gasteiger partial charge in [0.05, 0.1) is 22.9 Å². The van der Waals surface area contributed by atoms with Crippen LogP contribution in [0.2, 0.25) is 0 Å². The van der Waals surface area contributed by atoms with Gasteiger partial charge in [0.1, 0.15) is 0 Å². The van der Waals surface area contributed by atoms with E-state index in [9.17, 15) is 9.90 Å². The maximum Gasteiger partial charge on any atom is 0.252 e. The summed E-state index contributed by atoms with van der Waals surface area (Å²) >= 11 is 0. The number of aliphatic hydroxyl groups excluding tert-OH is 1. The zero-order valence-electron chi connectivity index (χ0n) is 20.0. The number of aliphatic hydroxyl groups is 1. The van der Waals surface area contributed by atoms with Crippen LogP contribution >= 0.6 is 0 Å². The van der Waals surface area contributed by atoms with E-state index in [4.69, 9.17) is 4.98 Å². The average molecular weight is 458 g/mol. The van der Waals surface area contributed by atoms with E-state index in [0.29, 0.717) is 19.0 Å². The highest BCUT2D eigenvalue weighted by molar-refractivity contribution is 6.09. The van der Waals surface area contributed by atoms with E-state index in [1.807, 2.05) is 42.5 Å². The van der Waals surface area contributed by atoms with E-state index in [1.165, 1.54) is 32.1 Å². The summed E-state index contributed by atoms with van der Waals surface area (Å²) in [6.45, 7) is 4.20. The molecule has 0 radical (unpaired) electrons. The van der Waals surface area contributed by atoms with Gasteiger partial charge in [-0.05, 0) is 38.2 Å². The lowest BCUT2D eigenvalue weighted by molar-refractivity contribution is 0.0919. The number of fused-ring (bicyclic) bond motifs is 1. The minimum absolute atomic E-state index is 0.0106. The van der Waals surface area contributed by atoms with Gasteiger partial charge in [-0.1, -0.05) is 67.8 Å². The quantitative estimate of drug-likeness (QED) is 0.536. The van der Waals surface area contributed by atoms with Gasteiger partial charge in [-0.15, -0.1) is 0 Å². The van der Waals surface area contributed by atoms with E-state index < -0.39 is 0 Å². The number of hydrogen-bond donors (Lipinski definition) is 2. The second kappa shape index (κ2) is 10.2. The first-order chi connectivity index (χ1) is 16.6. The fraction of sp³-hybridized carbons (Fsp3) is 0.448. The zero-order chi connectivity index (χ0) is 23.5. The molecule has 34 heavy (non-hydrogen) atoms. The topological polar surface area (TPSA) is 65.5 Å². The van der Waals surface area contributed by atoms with Crippen molar-refractivity contribution in [1.82, 2.24) is 15.2 Å². The van der Waals surface area contributed by atoms with Crippen LogP contribution in [0.15, 0.2) is 54.6 Å². The number of aromatic nitrogens is 1. The van der Waals surface area contributed by atoms with Gasteiger partial charge >= 0.3 is 0 Å². The summed E-state index contributed by atoms with van der Waals surface area (Å²) in [5.74, 6) is 0.528. The van der Waals surface area contributed by atoms with Crippen molar-refractivity contribution >= 4 is 16.8 Å². The fourth-order valence-corrected chi connectivity index (χ4v) is 5.71. The Labute approximate surface area is 202 Å². The lowest BCUT2D eigenvalue weighted by Crippen LogP contribution is -2.39. The van der Waals surface area contributed by atoms with Crippen LogP contribution in [-0.2, 0) is 6.54 Å². The minimum atomic E-state index is -0.308.